The highest BCUT2D eigenvalue weighted by atomic mass is 16.5. The Bertz CT molecular complexity index is 389. The molecule has 0 radical (unpaired) electrons. The first-order chi connectivity index (χ1) is 9.60. The van der Waals surface area contributed by atoms with E-state index in [4.69, 9.17) is 4.74 Å². The molecule has 5 nitrogen and oxygen atoms in total. The maximum Gasteiger partial charge on any atom is 0.225 e. The average molecular weight is 280 g/mol. The molecule has 0 aromatic rings. The zero-order chi connectivity index (χ0) is 14.6. The number of hydrogen-bond acceptors (Lipinski definition) is 3. The summed E-state index contributed by atoms with van der Waals surface area (Å²) in [7, 11) is 1.66. The van der Waals surface area contributed by atoms with Crippen LogP contribution in [0, 0.1) is 5.92 Å². The van der Waals surface area contributed by atoms with Crippen LogP contribution in [0.1, 0.15) is 32.1 Å². The standard InChI is InChI=1S/C15H24N2O3/c1-3-8-17-10-12(9-13(17)18)14(19)16-15(11-20-2)6-4-5-7-15/h3,12H,1,4-11H2,2H3,(H,16,19). The first kappa shape index (κ1) is 15.0. The lowest BCUT2D eigenvalue weighted by molar-refractivity contribution is -0.129. The molecule has 112 valence electrons. The van der Waals surface area contributed by atoms with Crippen LogP contribution in [0.3, 0.4) is 0 Å². The smallest absolute Gasteiger partial charge is 0.225 e. The first-order valence-corrected chi connectivity index (χ1v) is 7.30. The summed E-state index contributed by atoms with van der Waals surface area (Å²) in [5.74, 6) is -0.210. The van der Waals surface area contributed by atoms with Crippen molar-refractivity contribution in [1.82, 2.24) is 10.2 Å². The fraction of sp³-hybridized carbons (Fsp3) is 0.733. The van der Waals surface area contributed by atoms with Crippen molar-refractivity contribution in [3.8, 4) is 0 Å². The summed E-state index contributed by atoms with van der Waals surface area (Å²) in [6, 6.07) is 0. The quantitative estimate of drug-likeness (QED) is 0.741. The summed E-state index contributed by atoms with van der Waals surface area (Å²) in [4.78, 5) is 25.9. The molecular formula is C15H24N2O3. The Morgan fingerprint density at radius 1 is 1.55 bits per heavy atom. The van der Waals surface area contributed by atoms with Gasteiger partial charge in [0.05, 0.1) is 18.1 Å². The Balaban J connectivity index is 1.94. The number of carbonyl (C=O) groups is 2. The lowest BCUT2D eigenvalue weighted by atomic mass is 9.96. The topological polar surface area (TPSA) is 58.6 Å². The zero-order valence-corrected chi connectivity index (χ0v) is 12.2. The van der Waals surface area contributed by atoms with Crippen LogP contribution in [0.15, 0.2) is 12.7 Å². The van der Waals surface area contributed by atoms with Gasteiger partial charge >= 0.3 is 0 Å². The second-order valence-corrected chi connectivity index (χ2v) is 5.90. The van der Waals surface area contributed by atoms with Crippen LogP contribution in [0.2, 0.25) is 0 Å². The van der Waals surface area contributed by atoms with E-state index in [1.807, 2.05) is 0 Å². The van der Waals surface area contributed by atoms with Gasteiger partial charge in [0.2, 0.25) is 11.8 Å². The van der Waals surface area contributed by atoms with E-state index in [-0.39, 0.29) is 23.3 Å². The van der Waals surface area contributed by atoms with Gasteiger partial charge in [-0.05, 0) is 12.8 Å². The van der Waals surface area contributed by atoms with E-state index in [9.17, 15) is 9.59 Å². The summed E-state index contributed by atoms with van der Waals surface area (Å²) < 4.78 is 5.27. The Labute approximate surface area is 120 Å². The fourth-order valence-electron chi connectivity index (χ4n) is 3.28. The predicted molar refractivity (Wildman–Crippen MR) is 76.1 cm³/mol. The zero-order valence-electron chi connectivity index (χ0n) is 12.2. The second kappa shape index (κ2) is 6.39. The van der Waals surface area contributed by atoms with Crippen molar-refractivity contribution in [2.24, 2.45) is 5.92 Å². The Kier molecular flexibility index (Phi) is 4.81. The van der Waals surface area contributed by atoms with E-state index >= 15 is 0 Å². The molecule has 2 aliphatic rings. The van der Waals surface area contributed by atoms with E-state index < -0.39 is 0 Å². The van der Waals surface area contributed by atoms with Gasteiger partial charge in [-0.2, -0.15) is 0 Å². The average Bonchev–Trinajstić information content (AvgIpc) is 2.99. The van der Waals surface area contributed by atoms with Crippen LogP contribution in [0.5, 0.6) is 0 Å². The van der Waals surface area contributed by atoms with Crippen molar-refractivity contribution in [2.45, 2.75) is 37.6 Å². The number of ether oxygens (including phenoxy) is 1. The molecule has 20 heavy (non-hydrogen) atoms. The van der Waals surface area contributed by atoms with Crippen molar-refractivity contribution < 1.29 is 14.3 Å². The van der Waals surface area contributed by atoms with Crippen LogP contribution in [0.25, 0.3) is 0 Å². The van der Waals surface area contributed by atoms with Gasteiger partial charge in [-0.15, -0.1) is 6.58 Å². The normalized spacial score (nSPS) is 24.9. The van der Waals surface area contributed by atoms with Crippen LogP contribution in [0.4, 0.5) is 0 Å². The molecular weight excluding hydrogens is 256 g/mol. The van der Waals surface area contributed by atoms with Crippen molar-refractivity contribution in [3.63, 3.8) is 0 Å². The second-order valence-electron chi connectivity index (χ2n) is 5.90. The molecule has 1 aliphatic heterocycles. The van der Waals surface area contributed by atoms with Gasteiger partial charge < -0.3 is 15.0 Å². The summed E-state index contributed by atoms with van der Waals surface area (Å²) in [6.45, 7) is 5.21. The molecule has 1 N–H and O–H groups in total. The lowest BCUT2D eigenvalue weighted by Crippen LogP contribution is -2.51. The van der Waals surface area contributed by atoms with Crippen LogP contribution in [-0.4, -0.2) is 49.1 Å². The number of hydrogen-bond donors (Lipinski definition) is 1. The van der Waals surface area contributed by atoms with Crippen molar-refractivity contribution in [3.05, 3.63) is 12.7 Å². The summed E-state index contributed by atoms with van der Waals surface area (Å²) in [5, 5.41) is 3.15. The van der Waals surface area contributed by atoms with Gasteiger partial charge in [-0.3, -0.25) is 9.59 Å². The highest BCUT2D eigenvalue weighted by Crippen LogP contribution is 2.31. The predicted octanol–water partition coefficient (Wildman–Crippen LogP) is 1.10. The lowest BCUT2D eigenvalue weighted by Gasteiger charge is -2.30. The summed E-state index contributed by atoms with van der Waals surface area (Å²) in [5.41, 5.74) is -0.221. The van der Waals surface area contributed by atoms with Crippen molar-refractivity contribution in [1.29, 1.82) is 0 Å². The van der Waals surface area contributed by atoms with Crippen LogP contribution >= 0.6 is 0 Å². The number of nitrogens with zero attached hydrogens (tertiary/aromatic N) is 1. The number of likely N-dealkylation sites (tertiary alicyclic amines) is 1. The van der Waals surface area contributed by atoms with Gasteiger partial charge in [0.1, 0.15) is 0 Å². The van der Waals surface area contributed by atoms with E-state index in [1.165, 1.54) is 0 Å². The van der Waals surface area contributed by atoms with E-state index in [1.54, 1.807) is 18.1 Å². The maximum absolute atomic E-state index is 12.4. The largest absolute Gasteiger partial charge is 0.382 e. The number of carbonyl (C=O) groups excluding carboxylic acids is 2. The molecule has 1 unspecified atom stereocenters. The molecule has 1 saturated heterocycles. The Morgan fingerprint density at radius 2 is 2.25 bits per heavy atom. The number of nitrogens with one attached hydrogen (secondary N) is 1. The van der Waals surface area contributed by atoms with Gasteiger partial charge in [-0.25, -0.2) is 0 Å². The van der Waals surface area contributed by atoms with Gasteiger partial charge in [-0.1, -0.05) is 18.9 Å². The molecule has 0 aromatic carbocycles. The fourth-order valence-corrected chi connectivity index (χ4v) is 3.28. The number of amides is 2. The van der Waals surface area contributed by atoms with E-state index in [0.29, 0.717) is 26.1 Å². The van der Waals surface area contributed by atoms with Crippen molar-refractivity contribution in [2.75, 3.05) is 26.8 Å². The Morgan fingerprint density at radius 3 is 2.85 bits per heavy atom. The highest BCUT2D eigenvalue weighted by molar-refractivity contribution is 5.89. The molecule has 2 amide bonds. The molecule has 2 fully saturated rings. The maximum atomic E-state index is 12.4. The minimum Gasteiger partial charge on any atom is -0.382 e. The van der Waals surface area contributed by atoms with E-state index in [2.05, 4.69) is 11.9 Å². The first-order valence-electron chi connectivity index (χ1n) is 7.30. The summed E-state index contributed by atoms with van der Waals surface area (Å²) >= 11 is 0. The molecule has 1 heterocycles. The van der Waals surface area contributed by atoms with Gasteiger partial charge in [0.15, 0.2) is 0 Å². The third-order valence-electron chi connectivity index (χ3n) is 4.30. The highest BCUT2D eigenvalue weighted by Gasteiger charge is 2.40. The minimum absolute atomic E-state index is 0.0103. The molecule has 2 rings (SSSR count). The number of methoxy groups -OCH3 is 1. The van der Waals surface area contributed by atoms with Crippen LogP contribution in [-0.2, 0) is 14.3 Å². The third kappa shape index (κ3) is 3.20. The van der Waals surface area contributed by atoms with Crippen LogP contribution < -0.4 is 5.32 Å². The number of rotatable bonds is 6. The monoisotopic (exact) mass is 280 g/mol. The molecule has 5 heteroatoms. The van der Waals surface area contributed by atoms with Gasteiger partial charge in [0, 0.05) is 26.6 Å². The molecule has 0 spiro atoms. The molecule has 1 atom stereocenters. The van der Waals surface area contributed by atoms with E-state index in [0.717, 1.165) is 25.7 Å². The third-order valence-corrected chi connectivity index (χ3v) is 4.30. The summed E-state index contributed by atoms with van der Waals surface area (Å²) in [6.07, 6.45) is 6.17. The molecule has 1 aliphatic carbocycles. The van der Waals surface area contributed by atoms with Gasteiger partial charge in [0.25, 0.3) is 0 Å². The molecule has 0 bridgehead atoms. The minimum atomic E-state index is -0.239. The SMILES string of the molecule is C=CCN1CC(C(=O)NC2(COC)CCCC2)CC1=O. The molecule has 0 aromatic heterocycles. The van der Waals surface area contributed by atoms with Crippen molar-refractivity contribution >= 4 is 11.8 Å². The molecule has 1 saturated carbocycles. The Hall–Kier alpha value is -1.36.